The summed E-state index contributed by atoms with van der Waals surface area (Å²) >= 11 is 0. The predicted octanol–water partition coefficient (Wildman–Crippen LogP) is 0.625. The van der Waals surface area contributed by atoms with E-state index in [0.29, 0.717) is 6.42 Å². The monoisotopic (exact) mass is 377 g/mol. The van der Waals surface area contributed by atoms with Crippen molar-refractivity contribution < 1.29 is 29.0 Å². The molecule has 0 saturated carbocycles. The van der Waals surface area contributed by atoms with Crippen molar-refractivity contribution >= 4 is 18.0 Å². The SMILES string of the molecule is COC(=O)[C@H](CCCC#N)NC(=O)[C@H](CO)NC(=O)OCc1ccccc1. The topological polar surface area (TPSA) is 138 Å². The summed E-state index contributed by atoms with van der Waals surface area (Å²) in [6.45, 7) is -0.677. The van der Waals surface area contributed by atoms with Gasteiger partial charge in [0.25, 0.3) is 0 Å². The molecule has 3 N–H and O–H groups in total. The van der Waals surface area contributed by atoms with Crippen molar-refractivity contribution in [2.45, 2.75) is 38.0 Å². The number of nitriles is 1. The molecule has 0 aliphatic heterocycles. The lowest BCUT2D eigenvalue weighted by Gasteiger charge is -2.20. The third-order valence-corrected chi connectivity index (χ3v) is 3.59. The molecule has 0 aliphatic carbocycles. The number of hydrogen-bond acceptors (Lipinski definition) is 7. The van der Waals surface area contributed by atoms with Crippen LogP contribution in [0.2, 0.25) is 0 Å². The van der Waals surface area contributed by atoms with E-state index >= 15 is 0 Å². The molecule has 2 amide bonds. The zero-order chi connectivity index (χ0) is 20.1. The van der Waals surface area contributed by atoms with Crippen molar-refractivity contribution in [2.24, 2.45) is 0 Å². The molecule has 0 unspecified atom stereocenters. The van der Waals surface area contributed by atoms with Gasteiger partial charge in [-0.05, 0) is 18.4 Å². The first-order chi connectivity index (χ1) is 13.0. The van der Waals surface area contributed by atoms with Gasteiger partial charge in [-0.2, -0.15) is 5.26 Å². The fraction of sp³-hybridized carbons (Fsp3) is 0.444. The Labute approximate surface area is 157 Å². The Bertz CT molecular complexity index is 659. The summed E-state index contributed by atoms with van der Waals surface area (Å²) < 4.78 is 9.61. The maximum atomic E-state index is 12.2. The lowest BCUT2D eigenvalue weighted by Crippen LogP contribution is -2.53. The molecule has 1 aromatic rings. The number of aliphatic hydroxyl groups excluding tert-OH is 1. The molecule has 0 heterocycles. The summed E-state index contributed by atoms with van der Waals surface area (Å²) in [5, 5.41) is 22.6. The Morgan fingerprint density at radius 3 is 2.48 bits per heavy atom. The Morgan fingerprint density at radius 2 is 1.89 bits per heavy atom. The van der Waals surface area contributed by atoms with Crippen LogP contribution in [0.3, 0.4) is 0 Å². The quantitative estimate of drug-likeness (QED) is 0.401. The second-order valence-electron chi connectivity index (χ2n) is 5.58. The average molecular weight is 377 g/mol. The number of benzene rings is 1. The van der Waals surface area contributed by atoms with Crippen molar-refractivity contribution in [3.63, 3.8) is 0 Å². The number of aliphatic hydroxyl groups is 1. The Hall–Kier alpha value is -3.12. The minimum absolute atomic E-state index is 0.00534. The van der Waals surface area contributed by atoms with Crippen LogP contribution in [0.25, 0.3) is 0 Å². The Balaban J connectivity index is 2.56. The van der Waals surface area contributed by atoms with E-state index in [0.717, 1.165) is 5.56 Å². The number of carbonyl (C=O) groups excluding carboxylic acids is 3. The molecule has 0 radical (unpaired) electrons. The summed E-state index contributed by atoms with van der Waals surface area (Å²) in [5.41, 5.74) is 0.765. The summed E-state index contributed by atoms with van der Waals surface area (Å²) in [7, 11) is 1.18. The zero-order valence-corrected chi connectivity index (χ0v) is 15.0. The molecule has 9 nitrogen and oxygen atoms in total. The highest BCUT2D eigenvalue weighted by atomic mass is 16.5. The Morgan fingerprint density at radius 1 is 1.19 bits per heavy atom. The molecule has 0 saturated heterocycles. The van der Waals surface area contributed by atoms with Gasteiger partial charge in [-0.15, -0.1) is 0 Å². The second kappa shape index (κ2) is 12.3. The molecule has 2 atom stereocenters. The van der Waals surface area contributed by atoms with Crippen molar-refractivity contribution in [3.05, 3.63) is 35.9 Å². The fourth-order valence-corrected chi connectivity index (χ4v) is 2.15. The van der Waals surface area contributed by atoms with Crippen molar-refractivity contribution in [1.82, 2.24) is 10.6 Å². The van der Waals surface area contributed by atoms with E-state index in [2.05, 4.69) is 15.4 Å². The van der Waals surface area contributed by atoms with Gasteiger partial charge < -0.3 is 25.2 Å². The third-order valence-electron chi connectivity index (χ3n) is 3.59. The van der Waals surface area contributed by atoms with E-state index < -0.39 is 36.7 Å². The first kappa shape index (κ1) is 21.9. The van der Waals surface area contributed by atoms with E-state index in [-0.39, 0.29) is 19.4 Å². The highest BCUT2D eigenvalue weighted by molar-refractivity contribution is 5.89. The van der Waals surface area contributed by atoms with Gasteiger partial charge in [0.15, 0.2) is 0 Å². The Kier molecular flexibility index (Phi) is 9.96. The van der Waals surface area contributed by atoms with Crippen LogP contribution in [0.15, 0.2) is 30.3 Å². The van der Waals surface area contributed by atoms with Crippen molar-refractivity contribution in [3.8, 4) is 6.07 Å². The molecule has 27 heavy (non-hydrogen) atoms. The highest BCUT2D eigenvalue weighted by Gasteiger charge is 2.27. The second-order valence-corrected chi connectivity index (χ2v) is 5.58. The van der Waals surface area contributed by atoms with Gasteiger partial charge in [0.2, 0.25) is 5.91 Å². The highest BCUT2D eigenvalue weighted by Crippen LogP contribution is 2.04. The molecule has 0 spiro atoms. The van der Waals surface area contributed by atoms with Crippen LogP contribution < -0.4 is 10.6 Å². The number of hydrogen-bond donors (Lipinski definition) is 3. The van der Waals surface area contributed by atoms with Gasteiger partial charge in [-0.3, -0.25) is 4.79 Å². The molecule has 1 aromatic carbocycles. The van der Waals surface area contributed by atoms with Gasteiger partial charge in [-0.25, -0.2) is 9.59 Å². The summed E-state index contributed by atoms with van der Waals surface area (Å²) in [6, 6.07) is 8.61. The number of rotatable bonds is 10. The summed E-state index contributed by atoms with van der Waals surface area (Å²) in [4.78, 5) is 35.8. The van der Waals surface area contributed by atoms with E-state index in [9.17, 15) is 19.5 Å². The fourth-order valence-electron chi connectivity index (χ4n) is 2.15. The summed E-state index contributed by atoms with van der Waals surface area (Å²) in [6.07, 6.45) is -0.0843. The van der Waals surface area contributed by atoms with E-state index in [1.54, 1.807) is 24.3 Å². The van der Waals surface area contributed by atoms with Crippen LogP contribution in [0.5, 0.6) is 0 Å². The molecule has 0 aromatic heterocycles. The first-order valence-corrected chi connectivity index (χ1v) is 8.35. The minimum Gasteiger partial charge on any atom is -0.467 e. The maximum absolute atomic E-state index is 12.2. The smallest absolute Gasteiger partial charge is 0.408 e. The van der Waals surface area contributed by atoms with Crippen LogP contribution in [0.1, 0.15) is 24.8 Å². The number of nitrogens with zero attached hydrogens (tertiary/aromatic N) is 1. The molecule has 1 rings (SSSR count). The lowest BCUT2D eigenvalue weighted by atomic mass is 10.1. The number of nitrogens with one attached hydrogen (secondary N) is 2. The number of alkyl carbamates (subject to hydrolysis) is 1. The molecular weight excluding hydrogens is 354 g/mol. The van der Waals surface area contributed by atoms with E-state index in [1.165, 1.54) is 7.11 Å². The van der Waals surface area contributed by atoms with Gasteiger partial charge in [0.1, 0.15) is 18.7 Å². The summed E-state index contributed by atoms with van der Waals surface area (Å²) in [5.74, 6) is -1.44. The molecular formula is C18H23N3O6. The molecule has 0 fully saturated rings. The van der Waals surface area contributed by atoms with Crippen LogP contribution in [-0.4, -0.2) is 48.9 Å². The van der Waals surface area contributed by atoms with Gasteiger partial charge in [0, 0.05) is 6.42 Å². The van der Waals surface area contributed by atoms with Crippen LogP contribution >= 0.6 is 0 Å². The number of ether oxygens (including phenoxy) is 2. The van der Waals surface area contributed by atoms with E-state index in [1.807, 2.05) is 12.1 Å². The number of carbonyl (C=O) groups is 3. The van der Waals surface area contributed by atoms with E-state index in [4.69, 9.17) is 10.00 Å². The van der Waals surface area contributed by atoms with Gasteiger partial charge in [0.05, 0.1) is 19.8 Å². The minimum atomic E-state index is -1.30. The standard InChI is InChI=1S/C18H23N3O6/c1-26-17(24)14(9-5-6-10-19)20-16(23)15(11-22)21-18(25)27-12-13-7-3-2-4-8-13/h2-4,7-8,14-15,22H,5-6,9,11-12H2,1H3,(H,20,23)(H,21,25)/t14-,15-/m0/s1. The maximum Gasteiger partial charge on any atom is 0.408 e. The molecule has 146 valence electrons. The van der Waals surface area contributed by atoms with Crippen LogP contribution in [0, 0.1) is 11.3 Å². The predicted molar refractivity (Wildman–Crippen MR) is 94.0 cm³/mol. The van der Waals surface area contributed by atoms with Crippen molar-refractivity contribution in [1.29, 1.82) is 5.26 Å². The third kappa shape index (κ3) is 8.20. The van der Waals surface area contributed by atoms with Crippen LogP contribution in [-0.2, 0) is 25.7 Å². The first-order valence-electron chi connectivity index (χ1n) is 8.35. The normalized spacial score (nSPS) is 12.2. The van der Waals surface area contributed by atoms with Gasteiger partial charge in [-0.1, -0.05) is 30.3 Å². The van der Waals surface area contributed by atoms with Crippen LogP contribution in [0.4, 0.5) is 4.79 Å². The number of unbranched alkanes of at least 4 members (excludes halogenated alkanes) is 1. The van der Waals surface area contributed by atoms with Gasteiger partial charge >= 0.3 is 12.1 Å². The molecule has 0 aliphatic rings. The van der Waals surface area contributed by atoms with Crippen molar-refractivity contribution in [2.75, 3.05) is 13.7 Å². The number of methoxy groups -OCH3 is 1. The zero-order valence-electron chi connectivity index (χ0n) is 15.0. The largest absolute Gasteiger partial charge is 0.467 e. The lowest BCUT2D eigenvalue weighted by molar-refractivity contribution is -0.145. The molecule has 9 heteroatoms. The number of amides is 2. The molecule has 0 bridgehead atoms. The average Bonchev–Trinajstić information content (AvgIpc) is 2.69. The number of esters is 1.